The van der Waals surface area contributed by atoms with Crippen LogP contribution >= 0.6 is 0 Å². The quantitative estimate of drug-likeness (QED) is 0.167. The van der Waals surface area contributed by atoms with Crippen molar-refractivity contribution < 1.29 is 14.6 Å². The predicted molar refractivity (Wildman–Crippen MR) is 153 cm³/mol. The van der Waals surface area contributed by atoms with Crippen LogP contribution in [0.15, 0.2) is 103 Å². The van der Waals surface area contributed by atoms with Crippen LogP contribution in [-0.2, 0) is 4.79 Å². The Bertz CT molecular complexity index is 1650. The van der Waals surface area contributed by atoms with Gasteiger partial charge in [0, 0.05) is 11.5 Å². The van der Waals surface area contributed by atoms with Crippen molar-refractivity contribution >= 4 is 34.1 Å². The van der Waals surface area contributed by atoms with Crippen LogP contribution in [0.2, 0.25) is 0 Å². The highest BCUT2D eigenvalue weighted by Gasteiger charge is 2.16. The second-order valence-electron chi connectivity index (χ2n) is 9.07. The third kappa shape index (κ3) is 5.42. The minimum Gasteiger partial charge on any atom is -0.478 e. The molecule has 1 aromatic heterocycles. The van der Waals surface area contributed by atoms with Crippen molar-refractivity contribution in [2.45, 2.75) is 20.3 Å². The molecule has 5 rings (SSSR count). The van der Waals surface area contributed by atoms with E-state index in [0.717, 1.165) is 68.3 Å². The number of nitrogens with zero attached hydrogens (tertiary/aromatic N) is 1. The third-order valence-electron chi connectivity index (χ3n) is 6.51. The summed E-state index contributed by atoms with van der Waals surface area (Å²) in [6, 6.07) is 30.4. The number of hydrogen-bond acceptors (Lipinski definition) is 3. The van der Waals surface area contributed by atoms with Crippen molar-refractivity contribution in [3.05, 3.63) is 131 Å². The molecule has 5 nitrogen and oxygen atoms in total. The number of aryl methyl sites for hydroxylation is 1. The number of carbonyl (C=O) groups is 1. The number of ether oxygens (including phenoxy) is 1. The molecule has 0 atom stereocenters. The molecule has 0 aliphatic heterocycles. The van der Waals surface area contributed by atoms with Gasteiger partial charge in [0.1, 0.15) is 11.5 Å². The van der Waals surface area contributed by atoms with Gasteiger partial charge in [-0.2, -0.15) is 5.10 Å². The Morgan fingerprint density at radius 1 is 0.921 bits per heavy atom. The Hall–Kier alpha value is -4.90. The van der Waals surface area contributed by atoms with Crippen LogP contribution in [0.3, 0.4) is 0 Å². The fourth-order valence-corrected chi connectivity index (χ4v) is 4.58. The zero-order valence-electron chi connectivity index (χ0n) is 21.3. The Morgan fingerprint density at radius 3 is 2.39 bits per heavy atom. The van der Waals surface area contributed by atoms with E-state index in [-0.39, 0.29) is 0 Å². The van der Waals surface area contributed by atoms with Gasteiger partial charge in [0.05, 0.1) is 11.7 Å². The molecule has 5 aromatic rings. The molecule has 0 aliphatic rings. The lowest BCUT2D eigenvalue weighted by atomic mass is 9.87. The summed E-state index contributed by atoms with van der Waals surface area (Å²) in [5.41, 5.74) is 8.37. The Labute approximate surface area is 221 Å². The predicted octanol–water partition coefficient (Wildman–Crippen LogP) is 8.13. The molecule has 38 heavy (non-hydrogen) atoms. The number of carboxylic acids is 1. The molecule has 4 aromatic carbocycles. The summed E-state index contributed by atoms with van der Waals surface area (Å²) in [5.74, 6) is 0.646. The summed E-state index contributed by atoms with van der Waals surface area (Å²) >= 11 is 0. The summed E-state index contributed by atoms with van der Waals surface area (Å²) < 4.78 is 6.25. The van der Waals surface area contributed by atoms with Crippen molar-refractivity contribution in [2.75, 3.05) is 0 Å². The molecule has 5 heteroatoms. The Balaban J connectivity index is 1.66. The molecular weight excluding hydrogens is 472 g/mol. The van der Waals surface area contributed by atoms with Crippen molar-refractivity contribution in [3.8, 4) is 11.5 Å². The number of fused-ring (bicyclic) bond motifs is 1. The number of allylic oxidation sites excluding steroid dienone is 1. The number of aliphatic carboxylic acids is 1. The van der Waals surface area contributed by atoms with Gasteiger partial charge in [-0.25, -0.2) is 4.79 Å². The summed E-state index contributed by atoms with van der Waals surface area (Å²) in [7, 11) is 0. The molecule has 0 aliphatic carbocycles. The Kier molecular flexibility index (Phi) is 7.18. The maximum atomic E-state index is 11.0. The van der Waals surface area contributed by atoms with Gasteiger partial charge in [-0.1, -0.05) is 67.6 Å². The van der Waals surface area contributed by atoms with Gasteiger partial charge in [-0.05, 0) is 88.7 Å². The monoisotopic (exact) mass is 500 g/mol. The minimum absolute atomic E-state index is 0.797. The highest BCUT2D eigenvalue weighted by molar-refractivity contribution is 6.00. The topological polar surface area (TPSA) is 75.2 Å². The first-order chi connectivity index (χ1) is 18.5. The van der Waals surface area contributed by atoms with Crippen LogP contribution in [-0.4, -0.2) is 21.3 Å². The molecule has 0 bridgehead atoms. The first-order valence-electron chi connectivity index (χ1n) is 12.5. The smallest absolute Gasteiger partial charge is 0.328 e. The van der Waals surface area contributed by atoms with Gasteiger partial charge in [0.15, 0.2) is 0 Å². The van der Waals surface area contributed by atoms with Gasteiger partial charge in [0.25, 0.3) is 0 Å². The van der Waals surface area contributed by atoms with Crippen LogP contribution in [0.5, 0.6) is 11.5 Å². The number of nitrogens with one attached hydrogen (secondary N) is 1. The van der Waals surface area contributed by atoms with Crippen LogP contribution in [0.4, 0.5) is 0 Å². The molecular formula is C33H28N2O3. The van der Waals surface area contributed by atoms with E-state index in [4.69, 9.17) is 9.84 Å². The lowest BCUT2D eigenvalue weighted by Crippen LogP contribution is -1.97. The minimum atomic E-state index is -0.968. The largest absolute Gasteiger partial charge is 0.478 e. The molecule has 2 N–H and O–H groups in total. The normalized spacial score (nSPS) is 12.1. The average Bonchev–Trinajstić information content (AvgIpc) is 3.41. The lowest BCUT2D eigenvalue weighted by molar-refractivity contribution is -0.131. The van der Waals surface area contributed by atoms with Crippen LogP contribution in [0.1, 0.15) is 41.2 Å². The van der Waals surface area contributed by atoms with E-state index in [9.17, 15) is 4.79 Å². The van der Waals surface area contributed by atoms with Gasteiger partial charge in [-0.3, -0.25) is 5.10 Å². The molecule has 1 heterocycles. The number of aromatic nitrogens is 2. The summed E-state index contributed by atoms with van der Waals surface area (Å²) in [4.78, 5) is 11.0. The number of H-pyrrole nitrogens is 1. The molecule has 0 spiro atoms. The summed E-state index contributed by atoms with van der Waals surface area (Å²) in [6.07, 6.45) is 5.38. The van der Waals surface area contributed by atoms with E-state index in [1.807, 2.05) is 66.9 Å². The second kappa shape index (κ2) is 11.0. The van der Waals surface area contributed by atoms with Crippen molar-refractivity contribution in [1.82, 2.24) is 10.2 Å². The fraction of sp³-hybridized carbons (Fsp3) is 0.0909. The third-order valence-corrected chi connectivity index (χ3v) is 6.51. The molecule has 0 saturated heterocycles. The number of hydrogen-bond donors (Lipinski definition) is 2. The van der Waals surface area contributed by atoms with E-state index in [1.54, 1.807) is 6.08 Å². The number of carboxylic acid groups (broad SMARTS) is 1. The number of benzene rings is 4. The number of para-hydroxylation sites is 1. The average molecular weight is 501 g/mol. The lowest BCUT2D eigenvalue weighted by Gasteiger charge is -2.18. The fourth-order valence-electron chi connectivity index (χ4n) is 4.58. The summed E-state index contributed by atoms with van der Waals surface area (Å²) in [5, 5.41) is 17.2. The van der Waals surface area contributed by atoms with Gasteiger partial charge >= 0.3 is 5.97 Å². The van der Waals surface area contributed by atoms with Crippen molar-refractivity contribution in [3.63, 3.8) is 0 Å². The number of rotatable bonds is 8. The molecule has 0 saturated carbocycles. The SMILES string of the molecule is CC/C(=C(/c1ccc(/C=C/C(=O)O)cc1)c1ccc2[nH]ncc2c1)c1ccc(C)c(Oc2ccccc2)c1. The van der Waals surface area contributed by atoms with E-state index >= 15 is 0 Å². The van der Waals surface area contributed by atoms with Crippen molar-refractivity contribution in [1.29, 1.82) is 0 Å². The molecule has 0 radical (unpaired) electrons. The number of aromatic amines is 1. The highest BCUT2D eigenvalue weighted by atomic mass is 16.5. The standard InChI is InChI=1S/C33H28N2O3/c1-3-29(25-13-9-22(2)31(20-25)38-28-7-5-4-6-8-28)33(26-16-17-30-27(19-26)21-34-35-30)24-14-10-23(11-15-24)12-18-32(36)37/h4-21H,3H2,1-2H3,(H,34,35)(H,36,37)/b18-12+,33-29+. The zero-order chi connectivity index (χ0) is 26.5. The van der Waals surface area contributed by atoms with E-state index in [1.165, 1.54) is 5.57 Å². The maximum absolute atomic E-state index is 11.0. The summed E-state index contributed by atoms with van der Waals surface area (Å²) in [6.45, 7) is 4.21. The zero-order valence-corrected chi connectivity index (χ0v) is 21.3. The van der Waals surface area contributed by atoms with Crippen LogP contribution in [0.25, 0.3) is 28.1 Å². The molecule has 0 fully saturated rings. The van der Waals surface area contributed by atoms with Crippen LogP contribution in [0, 0.1) is 6.92 Å². The molecule has 0 unspecified atom stereocenters. The molecule has 188 valence electrons. The maximum Gasteiger partial charge on any atom is 0.328 e. The van der Waals surface area contributed by atoms with E-state index < -0.39 is 5.97 Å². The van der Waals surface area contributed by atoms with Crippen LogP contribution < -0.4 is 4.74 Å². The Morgan fingerprint density at radius 2 is 1.66 bits per heavy atom. The van der Waals surface area contributed by atoms with E-state index in [0.29, 0.717) is 0 Å². The first-order valence-corrected chi connectivity index (χ1v) is 12.5. The van der Waals surface area contributed by atoms with Gasteiger partial charge < -0.3 is 9.84 Å². The highest BCUT2D eigenvalue weighted by Crippen LogP contribution is 2.38. The second-order valence-corrected chi connectivity index (χ2v) is 9.07. The van der Waals surface area contributed by atoms with Crippen molar-refractivity contribution in [2.24, 2.45) is 0 Å². The first kappa shape index (κ1) is 24.8. The van der Waals surface area contributed by atoms with Gasteiger partial charge in [-0.15, -0.1) is 0 Å². The van der Waals surface area contributed by atoms with Gasteiger partial charge in [0.2, 0.25) is 0 Å². The molecule has 0 amide bonds. The van der Waals surface area contributed by atoms with E-state index in [2.05, 4.69) is 54.4 Å².